The molecule has 0 aliphatic carbocycles. The van der Waals surface area contributed by atoms with Gasteiger partial charge in [0.1, 0.15) is 11.4 Å². The monoisotopic (exact) mass is 251 g/mol. The first-order valence-corrected chi connectivity index (χ1v) is 5.92. The highest BCUT2D eigenvalue weighted by Crippen LogP contribution is 2.22. The number of nitrogens with zero attached hydrogens (tertiary/aromatic N) is 4. The molecule has 0 saturated carbocycles. The van der Waals surface area contributed by atoms with Crippen molar-refractivity contribution in [1.82, 2.24) is 19.7 Å². The van der Waals surface area contributed by atoms with Crippen LogP contribution in [0.4, 0.5) is 5.69 Å². The number of nitrogens with two attached hydrogens (primary N) is 1. The van der Waals surface area contributed by atoms with Gasteiger partial charge in [0.2, 0.25) is 0 Å². The summed E-state index contributed by atoms with van der Waals surface area (Å²) in [5.41, 5.74) is 10.1. The fraction of sp³-hybridized carbons (Fsp3) is 0.0714. The second-order valence-corrected chi connectivity index (χ2v) is 4.30. The van der Waals surface area contributed by atoms with Crippen LogP contribution in [0.3, 0.4) is 0 Å². The smallest absolute Gasteiger partial charge is 0.136 e. The normalized spacial score (nSPS) is 10.6. The van der Waals surface area contributed by atoms with Crippen molar-refractivity contribution in [2.45, 2.75) is 6.92 Å². The van der Waals surface area contributed by atoms with Crippen molar-refractivity contribution in [2.24, 2.45) is 0 Å². The Morgan fingerprint density at radius 2 is 1.89 bits per heavy atom. The number of hydrogen-bond acceptors (Lipinski definition) is 4. The molecule has 2 N–H and O–H groups in total. The van der Waals surface area contributed by atoms with E-state index in [2.05, 4.69) is 15.1 Å². The zero-order valence-corrected chi connectivity index (χ0v) is 10.5. The van der Waals surface area contributed by atoms with Crippen LogP contribution in [0.15, 0.2) is 49.1 Å². The maximum atomic E-state index is 5.99. The maximum absolute atomic E-state index is 5.99. The third-order valence-corrected chi connectivity index (χ3v) is 2.85. The van der Waals surface area contributed by atoms with Crippen LogP contribution in [0.2, 0.25) is 0 Å². The van der Waals surface area contributed by atoms with Gasteiger partial charge >= 0.3 is 0 Å². The first-order valence-electron chi connectivity index (χ1n) is 5.92. The second-order valence-electron chi connectivity index (χ2n) is 4.30. The minimum Gasteiger partial charge on any atom is -0.396 e. The Balaban J connectivity index is 2.04. The zero-order valence-electron chi connectivity index (χ0n) is 10.5. The van der Waals surface area contributed by atoms with Gasteiger partial charge in [-0.1, -0.05) is 17.7 Å². The summed E-state index contributed by atoms with van der Waals surface area (Å²) in [7, 11) is 0. The quantitative estimate of drug-likeness (QED) is 0.758. The molecule has 0 aliphatic rings. The van der Waals surface area contributed by atoms with Gasteiger partial charge in [0, 0.05) is 12.4 Å². The standard InChI is InChI=1S/C14H13N5/c1-10-2-4-11(5-3-10)19-9-12(15)14(18-19)13-8-16-6-7-17-13/h2-9H,15H2,1H3. The highest BCUT2D eigenvalue weighted by molar-refractivity contribution is 5.68. The molecule has 3 aromatic rings. The zero-order chi connectivity index (χ0) is 13.2. The number of nitrogen functional groups attached to an aromatic ring is 1. The molecule has 0 aliphatic heterocycles. The summed E-state index contributed by atoms with van der Waals surface area (Å²) in [6.07, 6.45) is 6.68. The van der Waals surface area contributed by atoms with E-state index >= 15 is 0 Å². The molecular weight excluding hydrogens is 238 g/mol. The highest BCUT2D eigenvalue weighted by Gasteiger charge is 2.10. The first kappa shape index (κ1) is 11.4. The van der Waals surface area contributed by atoms with Crippen LogP contribution < -0.4 is 5.73 Å². The fourth-order valence-corrected chi connectivity index (χ4v) is 1.84. The van der Waals surface area contributed by atoms with Crippen LogP contribution in [-0.2, 0) is 0 Å². The Labute approximate surface area is 110 Å². The van der Waals surface area contributed by atoms with E-state index in [1.54, 1.807) is 29.5 Å². The topological polar surface area (TPSA) is 69.6 Å². The Morgan fingerprint density at radius 3 is 2.58 bits per heavy atom. The molecule has 0 fully saturated rings. The number of hydrogen-bond donors (Lipinski definition) is 1. The van der Waals surface area contributed by atoms with E-state index in [0.717, 1.165) is 5.69 Å². The molecule has 2 aromatic heterocycles. The average Bonchev–Trinajstić information content (AvgIpc) is 2.83. The van der Waals surface area contributed by atoms with E-state index in [9.17, 15) is 0 Å². The molecule has 1 aromatic carbocycles. The molecule has 3 rings (SSSR count). The summed E-state index contributed by atoms with van der Waals surface area (Å²) in [6, 6.07) is 8.08. The Bertz CT molecular complexity index is 686. The Kier molecular flexibility index (Phi) is 2.72. The van der Waals surface area contributed by atoms with Crippen molar-refractivity contribution in [3.8, 4) is 17.1 Å². The number of aromatic nitrogens is 4. The molecule has 0 amide bonds. The summed E-state index contributed by atoms with van der Waals surface area (Å²) in [6.45, 7) is 2.05. The average molecular weight is 251 g/mol. The third-order valence-electron chi connectivity index (χ3n) is 2.85. The molecule has 5 heteroatoms. The molecule has 0 spiro atoms. The van der Waals surface area contributed by atoms with Crippen LogP contribution in [0.25, 0.3) is 17.1 Å². The van der Waals surface area contributed by atoms with Crippen molar-refractivity contribution in [1.29, 1.82) is 0 Å². The minimum absolute atomic E-state index is 0.584. The third kappa shape index (κ3) is 2.18. The maximum Gasteiger partial charge on any atom is 0.136 e. The summed E-state index contributed by atoms with van der Waals surface area (Å²) in [5.74, 6) is 0. The molecule has 0 unspecified atom stereocenters. The van der Waals surface area contributed by atoms with Gasteiger partial charge < -0.3 is 5.73 Å². The van der Waals surface area contributed by atoms with Crippen LogP contribution >= 0.6 is 0 Å². The van der Waals surface area contributed by atoms with Crippen LogP contribution in [0, 0.1) is 6.92 Å². The van der Waals surface area contributed by atoms with Crippen LogP contribution in [0.1, 0.15) is 5.56 Å². The summed E-state index contributed by atoms with van der Waals surface area (Å²) < 4.78 is 1.75. The molecule has 0 saturated heterocycles. The highest BCUT2D eigenvalue weighted by atomic mass is 15.3. The van der Waals surface area contributed by atoms with Gasteiger partial charge in [0.15, 0.2) is 0 Å². The lowest BCUT2D eigenvalue weighted by atomic mass is 10.2. The first-order chi connectivity index (χ1) is 9.24. The number of anilines is 1. The van der Waals surface area contributed by atoms with Gasteiger partial charge in [0.05, 0.1) is 23.8 Å². The lowest BCUT2D eigenvalue weighted by Crippen LogP contribution is -1.95. The van der Waals surface area contributed by atoms with Gasteiger partial charge in [-0.2, -0.15) is 5.10 Å². The van der Waals surface area contributed by atoms with Crippen molar-refractivity contribution in [3.63, 3.8) is 0 Å². The van der Waals surface area contributed by atoms with Gasteiger partial charge in [-0.15, -0.1) is 0 Å². The Hall–Kier alpha value is -2.69. The molecule has 0 atom stereocenters. The van der Waals surface area contributed by atoms with Crippen LogP contribution in [0.5, 0.6) is 0 Å². The van der Waals surface area contributed by atoms with Crippen molar-refractivity contribution >= 4 is 5.69 Å². The lowest BCUT2D eigenvalue weighted by molar-refractivity contribution is 0.881. The summed E-state index contributed by atoms with van der Waals surface area (Å²) in [5, 5.41) is 4.47. The molecule has 0 radical (unpaired) electrons. The fourth-order valence-electron chi connectivity index (χ4n) is 1.84. The lowest BCUT2D eigenvalue weighted by Gasteiger charge is -2.01. The van der Waals surface area contributed by atoms with Gasteiger partial charge in [-0.25, -0.2) is 4.68 Å². The molecular formula is C14H13N5. The predicted octanol–water partition coefficient (Wildman–Crippen LogP) is 2.22. The largest absolute Gasteiger partial charge is 0.396 e. The van der Waals surface area contributed by atoms with E-state index in [1.807, 2.05) is 31.2 Å². The number of rotatable bonds is 2. The van der Waals surface area contributed by atoms with Gasteiger partial charge in [-0.3, -0.25) is 9.97 Å². The number of benzene rings is 1. The molecule has 19 heavy (non-hydrogen) atoms. The molecule has 94 valence electrons. The summed E-state index contributed by atoms with van der Waals surface area (Å²) in [4.78, 5) is 8.24. The van der Waals surface area contributed by atoms with Gasteiger partial charge in [-0.05, 0) is 19.1 Å². The second kappa shape index (κ2) is 4.53. The summed E-state index contributed by atoms with van der Waals surface area (Å²) >= 11 is 0. The van der Waals surface area contributed by atoms with E-state index in [-0.39, 0.29) is 0 Å². The Morgan fingerprint density at radius 1 is 1.11 bits per heavy atom. The van der Waals surface area contributed by atoms with Crippen LogP contribution in [-0.4, -0.2) is 19.7 Å². The SMILES string of the molecule is Cc1ccc(-n2cc(N)c(-c3cnccn3)n2)cc1. The van der Waals surface area contributed by atoms with Crippen molar-refractivity contribution in [2.75, 3.05) is 5.73 Å². The van der Waals surface area contributed by atoms with Crippen molar-refractivity contribution < 1.29 is 0 Å². The minimum atomic E-state index is 0.584. The van der Waals surface area contributed by atoms with E-state index in [0.29, 0.717) is 17.1 Å². The molecule has 0 bridgehead atoms. The molecule has 2 heterocycles. The molecule has 5 nitrogen and oxygen atoms in total. The van der Waals surface area contributed by atoms with E-state index in [1.165, 1.54) is 5.56 Å². The predicted molar refractivity (Wildman–Crippen MR) is 73.7 cm³/mol. The van der Waals surface area contributed by atoms with E-state index < -0.39 is 0 Å². The van der Waals surface area contributed by atoms with E-state index in [4.69, 9.17) is 5.73 Å². The van der Waals surface area contributed by atoms with Gasteiger partial charge in [0.25, 0.3) is 0 Å². The number of aryl methyl sites for hydroxylation is 1. The van der Waals surface area contributed by atoms with Crippen molar-refractivity contribution in [3.05, 3.63) is 54.6 Å².